The fraction of sp³-hybridized carbons (Fsp3) is 0.278. The number of hydrogen-bond acceptors (Lipinski definition) is 3. The summed E-state index contributed by atoms with van der Waals surface area (Å²) in [5, 5.41) is 13.1. The summed E-state index contributed by atoms with van der Waals surface area (Å²) in [6.07, 6.45) is 0.741. The third-order valence-corrected chi connectivity index (χ3v) is 5.15. The molecule has 0 radical (unpaired) electrons. The van der Waals surface area contributed by atoms with Crippen molar-refractivity contribution in [3.63, 3.8) is 0 Å². The SMILES string of the molecule is O=C(NCC1(O)CCSC1)c1ccc(-c2ccccc2)cc1. The van der Waals surface area contributed by atoms with Crippen molar-refractivity contribution >= 4 is 17.7 Å². The summed E-state index contributed by atoms with van der Waals surface area (Å²) in [6.45, 7) is 0.319. The highest BCUT2D eigenvalue weighted by Gasteiger charge is 2.31. The number of aliphatic hydroxyl groups is 1. The van der Waals surface area contributed by atoms with Crippen LogP contribution in [0.1, 0.15) is 16.8 Å². The normalized spacial score (nSPS) is 20.8. The van der Waals surface area contributed by atoms with Crippen LogP contribution in [-0.2, 0) is 0 Å². The van der Waals surface area contributed by atoms with E-state index < -0.39 is 5.60 Å². The topological polar surface area (TPSA) is 49.3 Å². The van der Waals surface area contributed by atoms with E-state index in [1.807, 2.05) is 54.6 Å². The summed E-state index contributed by atoms with van der Waals surface area (Å²) >= 11 is 1.73. The fourth-order valence-corrected chi connectivity index (χ4v) is 3.82. The van der Waals surface area contributed by atoms with E-state index in [-0.39, 0.29) is 5.91 Å². The molecule has 3 nitrogen and oxygen atoms in total. The largest absolute Gasteiger partial charge is 0.387 e. The first-order valence-corrected chi connectivity index (χ1v) is 8.56. The van der Waals surface area contributed by atoms with E-state index in [9.17, 15) is 9.90 Å². The van der Waals surface area contributed by atoms with Gasteiger partial charge in [0.25, 0.3) is 5.91 Å². The van der Waals surface area contributed by atoms with Gasteiger partial charge in [0.15, 0.2) is 0 Å². The summed E-state index contributed by atoms with van der Waals surface area (Å²) in [5.41, 5.74) is 2.09. The Kier molecular flexibility index (Phi) is 4.50. The maximum absolute atomic E-state index is 12.2. The number of nitrogens with one attached hydrogen (secondary N) is 1. The molecule has 1 aliphatic rings. The van der Waals surface area contributed by atoms with Crippen molar-refractivity contribution in [1.82, 2.24) is 5.32 Å². The molecule has 1 aliphatic heterocycles. The molecule has 0 bridgehead atoms. The number of carbonyl (C=O) groups excluding carboxylic acids is 1. The Balaban J connectivity index is 1.64. The van der Waals surface area contributed by atoms with E-state index in [1.54, 1.807) is 11.8 Å². The summed E-state index contributed by atoms with van der Waals surface area (Å²) in [6, 6.07) is 17.6. The van der Waals surface area contributed by atoms with Gasteiger partial charge in [-0.1, -0.05) is 42.5 Å². The Morgan fingerprint density at radius 3 is 2.41 bits per heavy atom. The predicted molar refractivity (Wildman–Crippen MR) is 91.1 cm³/mol. The number of rotatable bonds is 4. The van der Waals surface area contributed by atoms with Crippen LogP contribution in [0.5, 0.6) is 0 Å². The van der Waals surface area contributed by atoms with Crippen molar-refractivity contribution in [1.29, 1.82) is 0 Å². The molecule has 4 heteroatoms. The van der Waals surface area contributed by atoms with Gasteiger partial charge in [-0.15, -0.1) is 0 Å². The number of carbonyl (C=O) groups is 1. The molecule has 1 amide bonds. The average molecular weight is 313 g/mol. The van der Waals surface area contributed by atoms with Gasteiger partial charge in [0.1, 0.15) is 0 Å². The molecule has 22 heavy (non-hydrogen) atoms. The lowest BCUT2D eigenvalue weighted by Crippen LogP contribution is -2.42. The lowest BCUT2D eigenvalue weighted by atomic mass is 10.0. The second kappa shape index (κ2) is 6.55. The highest BCUT2D eigenvalue weighted by Crippen LogP contribution is 2.27. The van der Waals surface area contributed by atoms with Gasteiger partial charge < -0.3 is 10.4 Å². The molecule has 0 aliphatic carbocycles. The minimum Gasteiger partial charge on any atom is -0.387 e. The van der Waals surface area contributed by atoms with Crippen LogP contribution >= 0.6 is 11.8 Å². The molecule has 2 N–H and O–H groups in total. The van der Waals surface area contributed by atoms with Gasteiger partial charge in [-0.25, -0.2) is 0 Å². The minimum absolute atomic E-state index is 0.134. The van der Waals surface area contributed by atoms with Gasteiger partial charge in [-0.05, 0) is 35.4 Å². The maximum Gasteiger partial charge on any atom is 0.251 e. The fourth-order valence-electron chi connectivity index (χ4n) is 2.53. The Labute approximate surface area is 134 Å². The third kappa shape index (κ3) is 3.51. The van der Waals surface area contributed by atoms with E-state index in [0.717, 1.165) is 23.3 Å². The second-order valence-electron chi connectivity index (χ2n) is 5.65. The van der Waals surface area contributed by atoms with E-state index in [1.165, 1.54) is 0 Å². The van der Waals surface area contributed by atoms with Gasteiger partial charge in [0.2, 0.25) is 0 Å². The van der Waals surface area contributed by atoms with Gasteiger partial charge in [0.05, 0.1) is 5.60 Å². The zero-order chi connectivity index (χ0) is 15.4. The minimum atomic E-state index is -0.746. The molecule has 114 valence electrons. The van der Waals surface area contributed by atoms with Crippen molar-refractivity contribution in [3.05, 3.63) is 60.2 Å². The molecule has 1 atom stereocenters. The van der Waals surface area contributed by atoms with Gasteiger partial charge in [0, 0.05) is 17.9 Å². The average Bonchev–Trinajstić information content (AvgIpc) is 3.01. The molecule has 0 saturated carbocycles. The monoisotopic (exact) mass is 313 g/mol. The quantitative estimate of drug-likeness (QED) is 0.912. The zero-order valence-corrected chi connectivity index (χ0v) is 13.1. The van der Waals surface area contributed by atoms with Crippen molar-refractivity contribution < 1.29 is 9.90 Å². The summed E-state index contributed by atoms with van der Waals surface area (Å²) < 4.78 is 0. The molecule has 3 rings (SSSR count). The molecule has 0 aromatic heterocycles. The molecule has 1 unspecified atom stereocenters. The van der Waals surface area contributed by atoms with Crippen LogP contribution in [0.4, 0.5) is 0 Å². The van der Waals surface area contributed by atoms with Gasteiger partial charge in [-0.3, -0.25) is 4.79 Å². The van der Waals surface area contributed by atoms with Crippen LogP contribution < -0.4 is 5.32 Å². The lowest BCUT2D eigenvalue weighted by Gasteiger charge is -2.21. The van der Waals surface area contributed by atoms with E-state index >= 15 is 0 Å². The van der Waals surface area contributed by atoms with Crippen LogP contribution in [0.2, 0.25) is 0 Å². The number of benzene rings is 2. The Morgan fingerprint density at radius 2 is 1.77 bits per heavy atom. The molecular formula is C18H19NO2S. The Bertz CT molecular complexity index is 634. The number of amides is 1. The Hall–Kier alpha value is -1.78. The molecule has 1 saturated heterocycles. The van der Waals surface area contributed by atoms with Crippen molar-refractivity contribution in [2.45, 2.75) is 12.0 Å². The molecule has 1 fully saturated rings. The second-order valence-corrected chi connectivity index (χ2v) is 6.76. The standard InChI is InChI=1S/C18H19NO2S/c20-17(19-12-18(21)10-11-22-13-18)16-8-6-15(7-9-16)14-4-2-1-3-5-14/h1-9,21H,10-13H2,(H,19,20). The molecule has 2 aromatic carbocycles. The zero-order valence-electron chi connectivity index (χ0n) is 12.3. The smallest absolute Gasteiger partial charge is 0.251 e. The molecule has 2 aromatic rings. The van der Waals surface area contributed by atoms with Crippen LogP contribution in [0.15, 0.2) is 54.6 Å². The summed E-state index contributed by atoms with van der Waals surface area (Å²) in [4.78, 5) is 12.2. The summed E-state index contributed by atoms with van der Waals surface area (Å²) in [7, 11) is 0. The highest BCUT2D eigenvalue weighted by molar-refractivity contribution is 7.99. The first-order chi connectivity index (χ1) is 10.7. The van der Waals surface area contributed by atoms with Crippen molar-refractivity contribution in [3.8, 4) is 11.1 Å². The van der Waals surface area contributed by atoms with Crippen molar-refractivity contribution in [2.75, 3.05) is 18.1 Å². The first kappa shape index (κ1) is 15.1. The third-order valence-electron chi connectivity index (χ3n) is 3.91. The van der Waals surface area contributed by atoms with Crippen LogP contribution in [0, 0.1) is 0 Å². The van der Waals surface area contributed by atoms with Gasteiger partial charge >= 0.3 is 0 Å². The predicted octanol–water partition coefficient (Wildman–Crippen LogP) is 2.95. The first-order valence-electron chi connectivity index (χ1n) is 7.40. The number of thioether (sulfide) groups is 1. The van der Waals surface area contributed by atoms with E-state index in [4.69, 9.17) is 0 Å². The van der Waals surface area contributed by atoms with E-state index in [2.05, 4.69) is 5.32 Å². The highest BCUT2D eigenvalue weighted by atomic mass is 32.2. The molecular weight excluding hydrogens is 294 g/mol. The maximum atomic E-state index is 12.2. The van der Waals surface area contributed by atoms with Crippen molar-refractivity contribution in [2.24, 2.45) is 0 Å². The van der Waals surface area contributed by atoms with E-state index in [0.29, 0.717) is 17.9 Å². The molecule has 0 spiro atoms. The Morgan fingerprint density at radius 1 is 1.09 bits per heavy atom. The van der Waals surface area contributed by atoms with Crippen LogP contribution in [0.25, 0.3) is 11.1 Å². The lowest BCUT2D eigenvalue weighted by molar-refractivity contribution is 0.0612. The molecule has 1 heterocycles. The number of hydrogen-bond donors (Lipinski definition) is 2. The van der Waals surface area contributed by atoms with Crippen LogP contribution in [-0.4, -0.2) is 34.7 Å². The van der Waals surface area contributed by atoms with Gasteiger partial charge in [-0.2, -0.15) is 11.8 Å². The summed E-state index contributed by atoms with van der Waals surface area (Å²) in [5.74, 6) is 1.52. The van der Waals surface area contributed by atoms with Crippen LogP contribution in [0.3, 0.4) is 0 Å².